The van der Waals surface area contributed by atoms with Gasteiger partial charge in [-0.1, -0.05) is 31.0 Å². The van der Waals surface area contributed by atoms with Gasteiger partial charge in [-0.3, -0.25) is 0 Å². The van der Waals surface area contributed by atoms with Gasteiger partial charge in [0.05, 0.1) is 0 Å². The maximum Gasteiger partial charge on any atom is 0.189 e. The summed E-state index contributed by atoms with van der Waals surface area (Å²) in [5, 5.41) is 1.53. The molecule has 1 aromatic rings. The average Bonchev–Trinajstić information content (AvgIpc) is 2.19. The highest BCUT2D eigenvalue weighted by Gasteiger charge is 2.15. The van der Waals surface area contributed by atoms with Crippen LogP contribution in [0.1, 0.15) is 32.1 Å². The lowest BCUT2D eigenvalue weighted by Gasteiger charge is -2.19. The molecule has 1 aromatic heterocycles. The Balaban J connectivity index is 1.95. The Labute approximate surface area is 88.5 Å². The Kier molecular flexibility index (Phi) is 3.24. The lowest BCUT2D eigenvalue weighted by Crippen LogP contribution is -2.08. The summed E-state index contributed by atoms with van der Waals surface area (Å²) in [7, 11) is 0. The van der Waals surface area contributed by atoms with Crippen molar-refractivity contribution in [2.75, 3.05) is 5.73 Å². The molecule has 0 bridgehead atoms. The molecule has 0 unspecified atom stereocenters. The van der Waals surface area contributed by atoms with Crippen molar-refractivity contribution in [3.05, 3.63) is 12.3 Å². The van der Waals surface area contributed by atoms with Gasteiger partial charge >= 0.3 is 0 Å². The minimum absolute atomic E-state index is 0.568. The second kappa shape index (κ2) is 4.64. The molecule has 2 rings (SSSR count). The number of anilines is 1. The molecule has 0 atom stereocenters. The third kappa shape index (κ3) is 2.61. The van der Waals surface area contributed by atoms with Crippen LogP contribution in [-0.4, -0.2) is 15.2 Å². The molecule has 0 radical (unpaired) electrons. The van der Waals surface area contributed by atoms with E-state index >= 15 is 0 Å². The number of aromatic nitrogens is 2. The highest BCUT2D eigenvalue weighted by molar-refractivity contribution is 7.99. The predicted molar refractivity (Wildman–Crippen MR) is 59.2 cm³/mol. The van der Waals surface area contributed by atoms with E-state index in [0.717, 1.165) is 5.16 Å². The van der Waals surface area contributed by atoms with Gasteiger partial charge in [-0.2, -0.15) is 0 Å². The number of rotatable bonds is 2. The number of nitrogen functional groups attached to an aromatic ring is 1. The Morgan fingerprint density at radius 3 is 2.79 bits per heavy atom. The van der Waals surface area contributed by atoms with Gasteiger partial charge in [0.1, 0.15) is 5.82 Å². The summed E-state index contributed by atoms with van der Waals surface area (Å²) >= 11 is 1.78. The summed E-state index contributed by atoms with van der Waals surface area (Å²) in [6.45, 7) is 0. The van der Waals surface area contributed by atoms with Gasteiger partial charge in [-0.05, 0) is 18.9 Å². The summed E-state index contributed by atoms with van der Waals surface area (Å²) < 4.78 is 0. The summed E-state index contributed by atoms with van der Waals surface area (Å²) in [5.74, 6) is 0.568. The zero-order valence-electron chi connectivity index (χ0n) is 8.15. The van der Waals surface area contributed by atoms with Crippen molar-refractivity contribution in [2.24, 2.45) is 0 Å². The van der Waals surface area contributed by atoms with Crippen LogP contribution < -0.4 is 5.73 Å². The second-order valence-electron chi connectivity index (χ2n) is 3.64. The van der Waals surface area contributed by atoms with E-state index in [1.54, 1.807) is 24.0 Å². The molecule has 3 nitrogen and oxygen atoms in total. The molecule has 2 N–H and O–H groups in total. The molecule has 1 saturated carbocycles. The molecule has 1 aliphatic rings. The second-order valence-corrected chi connectivity index (χ2v) is 4.91. The molecule has 0 amide bonds. The minimum Gasteiger partial charge on any atom is -0.384 e. The summed E-state index contributed by atoms with van der Waals surface area (Å²) in [5.41, 5.74) is 5.60. The van der Waals surface area contributed by atoms with Crippen LogP contribution in [0.15, 0.2) is 17.4 Å². The monoisotopic (exact) mass is 209 g/mol. The summed E-state index contributed by atoms with van der Waals surface area (Å²) in [6.07, 6.45) is 8.40. The molecular formula is C10H15N3S. The van der Waals surface area contributed by atoms with Gasteiger partial charge in [0.2, 0.25) is 0 Å². The molecule has 14 heavy (non-hydrogen) atoms. The Hall–Kier alpha value is -0.770. The molecule has 1 fully saturated rings. The Morgan fingerprint density at radius 2 is 2.07 bits per heavy atom. The topological polar surface area (TPSA) is 51.8 Å². The van der Waals surface area contributed by atoms with E-state index < -0.39 is 0 Å². The number of hydrogen-bond acceptors (Lipinski definition) is 4. The van der Waals surface area contributed by atoms with Gasteiger partial charge in [-0.25, -0.2) is 9.97 Å². The van der Waals surface area contributed by atoms with E-state index in [4.69, 9.17) is 5.73 Å². The zero-order chi connectivity index (χ0) is 9.80. The van der Waals surface area contributed by atoms with Gasteiger partial charge in [0.25, 0.3) is 0 Å². The van der Waals surface area contributed by atoms with Gasteiger partial charge in [-0.15, -0.1) is 0 Å². The van der Waals surface area contributed by atoms with Crippen molar-refractivity contribution in [1.82, 2.24) is 9.97 Å². The van der Waals surface area contributed by atoms with Crippen molar-refractivity contribution < 1.29 is 0 Å². The number of nitrogens with zero attached hydrogens (tertiary/aromatic N) is 2. The number of thioether (sulfide) groups is 1. The summed E-state index contributed by atoms with van der Waals surface area (Å²) in [4.78, 5) is 8.40. The van der Waals surface area contributed by atoms with E-state index in [-0.39, 0.29) is 0 Å². The van der Waals surface area contributed by atoms with Gasteiger partial charge < -0.3 is 5.73 Å². The molecule has 4 heteroatoms. The van der Waals surface area contributed by atoms with Gasteiger partial charge in [0.15, 0.2) is 5.16 Å². The van der Waals surface area contributed by atoms with Crippen LogP contribution in [0.3, 0.4) is 0 Å². The molecule has 0 saturated heterocycles. The maximum atomic E-state index is 5.60. The van der Waals surface area contributed by atoms with E-state index in [1.165, 1.54) is 32.1 Å². The number of nitrogens with two attached hydrogens (primary N) is 1. The minimum atomic E-state index is 0.568. The van der Waals surface area contributed by atoms with E-state index in [0.29, 0.717) is 11.1 Å². The van der Waals surface area contributed by atoms with Crippen LogP contribution in [0.2, 0.25) is 0 Å². The fraction of sp³-hybridized carbons (Fsp3) is 0.600. The van der Waals surface area contributed by atoms with E-state index in [1.807, 2.05) is 0 Å². The first-order chi connectivity index (χ1) is 6.84. The fourth-order valence-electron chi connectivity index (χ4n) is 1.74. The molecule has 0 aliphatic heterocycles. The third-order valence-electron chi connectivity index (χ3n) is 2.48. The van der Waals surface area contributed by atoms with Crippen LogP contribution in [-0.2, 0) is 0 Å². The molecule has 76 valence electrons. The SMILES string of the molecule is Nc1ccnc(SC2CCCCC2)n1. The highest BCUT2D eigenvalue weighted by Crippen LogP contribution is 2.31. The smallest absolute Gasteiger partial charge is 0.189 e. The van der Waals surface area contributed by atoms with Crippen LogP contribution in [0, 0.1) is 0 Å². The van der Waals surface area contributed by atoms with Crippen LogP contribution >= 0.6 is 11.8 Å². The first kappa shape index (κ1) is 9.77. The maximum absolute atomic E-state index is 5.60. The van der Waals surface area contributed by atoms with Crippen molar-refractivity contribution in [3.63, 3.8) is 0 Å². The van der Waals surface area contributed by atoms with Crippen molar-refractivity contribution >= 4 is 17.6 Å². The molecule has 1 aliphatic carbocycles. The predicted octanol–water partition coefficient (Wildman–Crippen LogP) is 2.48. The average molecular weight is 209 g/mol. The Morgan fingerprint density at radius 1 is 1.29 bits per heavy atom. The molecule has 0 aromatic carbocycles. The largest absolute Gasteiger partial charge is 0.384 e. The van der Waals surface area contributed by atoms with Crippen LogP contribution in [0.25, 0.3) is 0 Å². The van der Waals surface area contributed by atoms with E-state index in [9.17, 15) is 0 Å². The quantitative estimate of drug-likeness (QED) is 0.760. The standard InChI is InChI=1S/C10H15N3S/c11-9-6-7-12-10(13-9)14-8-4-2-1-3-5-8/h6-8H,1-5H2,(H2,11,12,13). The first-order valence-electron chi connectivity index (χ1n) is 5.10. The Bertz CT molecular complexity index is 297. The lowest BCUT2D eigenvalue weighted by molar-refractivity contribution is 0.515. The molecular weight excluding hydrogens is 194 g/mol. The third-order valence-corrected chi connectivity index (χ3v) is 3.69. The van der Waals surface area contributed by atoms with Crippen LogP contribution in [0.5, 0.6) is 0 Å². The number of hydrogen-bond donors (Lipinski definition) is 1. The lowest BCUT2D eigenvalue weighted by atomic mass is 10.0. The van der Waals surface area contributed by atoms with Crippen molar-refractivity contribution in [2.45, 2.75) is 42.5 Å². The summed E-state index contributed by atoms with van der Waals surface area (Å²) in [6, 6.07) is 1.73. The highest BCUT2D eigenvalue weighted by atomic mass is 32.2. The molecule has 1 heterocycles. The first-order valence-corrected chi connectivity index (χ1v) is 5.98. The van der Waals surface area contributed by atoms with Gasteiger partial charge in [0, 0.05) is 11.4 Å². The fourth-order valence-corrected chi connectivity index (χ4v) is 2.89. The normalized spacial score (nSPS) is 18.3. The zero-order valence-corrected chi connectivity index (χ0v) is 8.96. The van der Waals surface area contributed by atoms with E-state index in [2.05, 4.69) is 9.97 Å². The van der Waals surface area contributed by atoms with Crippen molar-refractivity contribution in [3.8, 4) is 0 Å². The van der Waals surface area contributed by atoms with Crippen molar-refractivity contribution in [1.29, 1.82) is 0 Å². The van der Waals surface area contributed by atoms with Crippen LogP contribution in [0.4, 0.5) is 5.82 Å². The molecule has 0 spiro atoms.